The van der Waals surface area contributed by atoms with Crippen molar-refractivity contribution in [2.45, 2.75) is 71.8 Å². The van der Waals surface area contributed by atoms with Gasteiger partial charge in [0.15, 0.2) is 5.78 Å². The van der Waals surface area contributed by atoms with Gasteiger partial charge in [-0.15, -0.1) is 0 Å². The standard InChI is InChI=1S/C25H30O6/c1-4-5-6-7-8-9-21(28)31-24-15(2)23(29)22-19(27)14-20(30-25(22)16(24)3)17-10-12-18(26)13-11-17/h10-13,20,26,29H,4-9,14H2,1-3H3/t20-/m0/s1. The summed E-state index contributed by atoms with van der Waals surface area (Å²) in [7, 11) is 0. The molecular formula is C25H30O6. The molecule has 0 saturated carbocycles. The number of phenolic OH excluding ortho intramolecular Hbond substituents is 2. The molecule has 0 radical (unpaired) electrons. The highest BCUT2D eigenvalue weighted by molar-refractivity contribution is 6.04. The number of Topliss-reactive ketones (excluding diaryl/α,β-unsaturated/α-hetero) is 1. The molecule has 31 heavy (non-hydrogen) atoms. The Bertz CT molecular complexity index is 961. The number of ketones is 1. The SMILES string of the molecule is CCCCCCCC(=O)Oc1c(C)c(O)c2c(c1C)O[C@H](c1ccc(O)cc1)CC2=O. The van der Waals surface area contributed by atoms with E-state index in [-0.39, 0.29) is 46.7 Å². The fourth-order valence-electron chi connectivity index (χ4n) is 3.90. The molecule has 0 spiro atoms. The van der Waals surface area contributed by atoms with Crippen LogP contribution in [0.1, 0.15) is 85.0 Å². The van der Waals surface area contributed by atoms with Crippen LogP contribution in [0.3, 0.4) is 0 Å². The normalized spacial score (nSPS) is 15.3. The molecule has 0 aromatic heterocycles. The molecule has 1 aliphatic heterocycles. The molecule has 0 bridgehead atoms. The van der Waals surface area contributed by atoms with E-state index in [1.54, 1.807) is 26.0 Å². The first-order chi connectivity index (χ1) is 14.8. The van der Waals surface area contributed by atoms with E-state index in [1.807, 2.05) is 0 Å². The summed E-state index contributed by atoms with van der Waals surface area (Å²) in [6.07, 6.45) is 4.94. The van der Waals surface area contributed by atoms with Gasteiger partial charge in [-0.25, -0.2) is 0 Å². The summed E-state index contributed by atoms with van der Waals surface area (Å²) in [6.45, 7) is 5.49. The summed E-state index contributed by atoms with van der Waals surface area (Å²) >= 11 is 0. The molecule has 1 heterocycles. The third kappa shape index (κ3) is 5.01. The van der Waals surface area contributed by atoms with Crippen LogP contribution in [0.25, 0.3) is 0 Å². The van der Waals surface area contributed by atoms with Gasteiger partial charge >= 0.3 is 5.97 Å². The summed E-state index contributed by atoms with van der Waals surface area (Å²) in [4.78, 5) is 25.2. The fraction of sp³-hybridized carbons (Fsp3) is 0.440. The average molecular weight is 427 g/mol. The Morgan fingerprint density at radius 1 is 1.06 bits per heavy atom. The number of fused-ring (bicyclic) bond motifs is 1. The number of benzene rings is 2. The van der Waals surface area contributed by atoms with Crippen LogP contribution < -0.4 is 9.47 Å². The zero-order chi connectivity index (χ0) is 22.5. The lowest BCUT2D eigenvalue weighted by Gasteiger charge is -2.29. The summed E-state index contributed by atoms with van der Waals surface area (Å²) < 4.78 is 11.7. The summed E-state index contributed by atoms with van der Waals surface area (Å²) in [5, 5.41) is 20.2. The van der Waals surface area contributed by atoms with E-state index < -0.39 is 6.10 Å². The highest BCUT2D eigenvalue weighted by atomic mass is 16.5. The van der Waals surface area contributed by atoms with E-state index >= 15 is 0 Å². The number of carbonyl (C=O) groups excluding carboxylic acids is 2. The minimum Gasteiger partial charge on any atom is -0.508 e. The molecule has 0 fully saturated rings. The lowest BCUT2D eigenvalue weighted by molar-refractivity contribution is -0.134. The van der Waals surface area contributed by atoms with Gasteiger partial charge in [0.25, 0.3) is 0 Å². The van der Waals surface area contributed by atoms with Crippen molar-refractivity contribution < 1.29 is 29.3 Å². The Kier molecular flexibility index (Phi) is 7.21. The minimum atomic E-state index is -0.552. The Morgan fingerprint density at radius 3 is 2.42 bits per heavy atom. The number of unbranched alkanes of at least 4 members (excludes halogenated alkanes) is 4. The quantitative estimate of drug-likeness (QED) is 0.320. The van der Waals surface area contributed by atoms with Crippen molar-refractivity contribution in [3.63, 3.8) is 0 Å². The predicted molar refractivity (Wildman–Crippen MR) is 117 cm³/mol. The van der Waals surface area contributed by atoms with E-state index in [4.69, 9.17) is 9.47 Å². The van der Waals surface area contributed by atoms with Gasteiger partial charge in [-0.1, -0.05) is 44.7 Å². The highest BCUT2D eigenvalue weighted by Gasteiger charge is 2.34. The zero-order valence-electron chi connectivity index (χ0n) is 18.4. The maximum Gasteiger partial charge on any atom is 0.311 e. The Balaban J connectivity index is 1.83. The molecule has 2 aromatic rings. The summed E-state index contributed by atoms with van der Waals surface area (Å²) in [5.74, 6) is -0.201. The second kappa shape index (κ2) is 9.86. The molecule has 1 atom stereocenters. The molecule has 6 heteroatoms. The number of ether oxygens (including phenoxy) is 2. The van der Waals surface area contributed by atoms with Crippen LogP contribution in [0, 0.1) is 13.8 Å². The van der Waals surface area contributed by atoms with Crippen molar-refractivity contribution in [3.8, 4) is 23.0 Å². The van der Waals surface area contributed by atoms with Crippen molar-refractivity contribution in [3.05, 3.63) is 46.5 Å². The summed E-state index contributed by atoms with van der Waals surface area (Å²) in [5.41, 5.74) is 1.74. The van der Waals surface area contributed by atoms with Gasteiger partial charge in [0.2, 0.25) is 0 Å². The monoisotopic (exact) mass is 426 g/mol. The average Bonchev–Trinajstić information content (AvgIpc) is 2.75. The number of aromatic hydroxyl groups is 2. The first kappa shape index (κ1) is 22.7. The molecule has 1 aliphatic rings. The Labute approximate surface area is 182 Å². The largest absolute Gasteiger partial charge is 0.508 e. The lowest BCUT2D eigenvalue weighted by Crippen LogP contribution is -2.22. The number of esters is 1. The maximum absolute atomic E-state index is 12.8. The maximum atomic E-state index is 12.8. The van der Waals surface area contributed by atoms with E-state index in [0.29, 0.717) is 17.5 Å². The molecule has 0 unspecified atom stereocenters. The van der Waals surface area contributed by atoms with Crippen molar-refractivity contribution in [2.75, 3.05) is 0 Å². The molecule has 2 aromatic carbocycles. The second-order valence-corrected chi connectivity index (χ2v) is 8.10. The smallest absolute Gasteiger partial charge is 0.311 e. The molecule has 3 rings (SSSR count). The molecule has 6 nitrogen and oxygen atoms in total. The number of hydrogen-bond donors (Lipinski definition) is 2. The molecule has 0 aliphatic carbocycles. The van der Waals surface area contributed by atoms with E-state index in [1.165, 1.54) is 12.1 Å². The van der Waals surface area contributed by atoms with Gasteiger partial charge in [-0.2, -0.15) is 0 Å². The third-order valence-electron chi connectivity index (χ3n) is 5.72. The first-order valence-electron chi connectivity index (χ1n) is 10.9. The Hall–Kier alpha value is -3.02. The molecule has 2 N–H and O–H groups in total. The number of carbonyl (C=O) groups is 2. The minimum absolute atomic E-state index is 0.0705. The van der Waals surface area contributed by atoms with Crippen LogP contribution in [-0.4, -0.2) is 22.0 Å². The van der Waals surface area contributed by atoms with Gasteiger partial charge in [0, 0.05) is 17.5 Å². The fourth-order valence-corrected chi connectivity index (χ4v) is 3.90. The topological polar surface area (TPSA) is 93.1 Å². The zero-order valence-corrected chi connectivity index (χ0v) is 18.4. The molecule has 166 valence electrons. The summed E-state index contributed by atoms with van der Waals surface area (Å²) in [6, 6.07) is 6.46. The molecule has 0 amide bonds. The van der Waals surface area contributed by atoms with Gasteiger partial charge < -0.3 is 19.7 Å². The van der Waals surface area contributed by atoms with Crippen LogP contribution in [0.2, 0.25) is 0 Å². The third-order valence-corrected chi connectivity index (χ3v) is 5.72. The van der Waals surface area contributed by atoms with Crippen LogP contribution in [0.5, 0.6) is 23.0 Å². The van der Waals surface area contributed by atoms with E-state index in [0.717, 1.165) is 37.7 Å². The van der Waals surface area contributed by atoms with Crippen molar-refractivity contribution in [2.24, 2.45) is 0 Å². The number of hydrogen-bond acceptors (Lipinski definition) is 6. The predicted octanol–water partition coefficient (Wildman–Crippen LogP) is 5.69. The second-order valence-electron chi connectivity index (χ2n) is 8.10. The molecular weight excluding hydrogens is 396 g/mol. The van der Waals surface area contributed by atoms with Crippen LogP contribution in [0.4, 0.5) is 0 Å². The van der Waals surface area contributed by atoms with E-state index in [9.17, 15) is 19.8 Å². The van der Waals surface area contributed by atoms with Gasteiger partial charge in [0.1, 0.15) is 34.7 Å². The van der Waals surface area contributed by atoms with Gasteiger partial charge in [0.05, 0.1) is 6.42 Å². The van der Waals surface area contributed by atoms with Crippen molar-refractivity contribution >= 4 is 11.8 Å². The van der Waals surface area contributed by atoms with Crippen LogP contribution in [0.15, 0.2) is 24.3 Å². The Morgan fingerprint density at radius 2 is 1.74 bits per heavy atom. The lowest BCUT2D eigenvalue weighted by atomic mass is 9.91. The first-order valence-corrected chi connectivity index (χ1v) is 10.9. The van der Waals surface area contributed by atoms with Crippen LogP contribution >= 0.6 is 0 Å². The van der Waals surface area contributed by atoms with Gasteiger partial charge in [-0.3, -0.25) is 9.59 Å². The van der Waals surface area contributed by atoms with Gasteiger partial charge in [-0.05, 0) is 38.0 Å². The van der Waals surface area contributed by atoms with Crippen molar-refractivity contribution in [1.82, 2.24) is 0 Å². The highest BCUT2D eigenvalue weighted by Crippen LogP contribution is 2.47. The van der Waals surface area contributed by atoms with Crippen LogP contribution in [-0.2, 0) is 4.79 Å². The van der Waals surface area contributed by atoms with Crippen molar-refractivity contribution in [1.29, 1.82) is 0 Å². The number of phenols is 2. The van der Waals surface area contributed by atoms with E-state index in [2.05, 4.69) is 6.92 Å². The number of rotatable bonds is 8. The molecule has 0 saturated heterocycles.